The number of amides is 2. The second-order valence-electron chi connectivity index (χ2n) is 6.46. The topological polar surface area (TPSA) is 49.4 Å². The number of nitrogens with one attached hydrogen (secondary N) is 1. The Kier molecular flexibility index (Phi) is 4.46. The Balaban J connectivity index is 1.61. The molecule has 1 aliphatic carbocycles. The molecule has 2 fully saturated rings. The van der Waals surface area contributed by atoms with Crippen molar-refractivity contribution in [3.63, 3.8) is 0 Å². The Labute approximate surface area is 131 Å². The van der Waals surface area contributed by atoms with E-state index in [-0.39, 0.29) is 17.7 Å². The standard InChI is InChI=1S/C18H24N2O2/c1-2-3-4-13-5-9-16(10-6-13)20-12-14(11-17(20)21)18(22)19-15-7-8-15/h5-6,9-10,14-15H,2-4,7-8,11-12H2,1H3,(H,19,22). The Morgan fingerprint density at radius 3 is 2.64 bits per heavy atom. The molecule has 1 saturated carbocycles. The molecular formula is C18H24N2O2. The van der Waals surface area contributed by atoms with Gasteiger partial charge >= 0.3 is 0 Å². The molecule has 0 radical (unpaired) electrons. The van der Waals surface area contributed by atoms with E-state index in [9.17, 15) is 9.59 Å². The molecule has 4 nitrogen and oxygen atoms in total. The monoisotopic (exact) mass is 300 g/mol. The van der Waals surface area contributed by atoms with E-state index in [1.165, 1.54) is 18.4 Å². The van der Waals surface area contributed by atoms with E-state index in [0.717, 1.165) is 24.9 Å². The van der Waals surface area contributed by atoms with Crippen molar-refractivity contribution in [3.05, 3.63) is 29.8 Å². The van der Waals surface area contributed by atoms with Crippen molar-refractivity contribution >= 4 is 17.5 Å². The van der Waals surface area contributed by atoms with Gasteiger partial charge in [-0.3, -0.25) is 9.59 Å². The summed E-state index contributed by atoms with van der Waals surface area (Å²) in [7, 11) is 0. The van der Waals surface area contributed by atoms with Crippen LogP contribution in [0.3, 0.4) is 0 Å². The van der Waals surface area contributed by atoms with Gasteiger partial charge in [-0.2, -0.15) is 0 Å². The van der Waals surface area contributed by atoms with Crippen LogP contribution in [0.15, 0.2) is 24.3 Å². The van der Waals surface area contributed by atoms with Gasteiger partial charge < -0.3 is 10.2 Å². The van der Waals surface area contributed by atoms with E-state index in [1.807, 2.05) is 12.1 Å². The average Bonchev–Trinajstić information content (AvgIpc) is 3.25. The highest BCUT2D eigenvalue weighted by Gasteiger charge is 2.36. The summed E-state index contributed by atoms with van der Waals surface area (Å²) in [5.74, 6) is -0.108. The molecule has 1 unspecified atom stereocenters. The van der Waals surface area contributed by atoms with Crippen LogP contribution in [0.1, 0.15) is 44.6 Å². The molecule has 0 bridgehead atoms. The first-order chi connectivity index (χ1) is 10.7. The third kappa shape index (κ3) is 3.49. The summed E-state index contributed by atoms with van der Waals surface area (Å²) >= 11 is 0. The fourth-order valence-corrected chi connectivity index (χ4v) is 2.90. The highest BCUT2D eigenvalue weighted by Crippen LogP contribution is 2.27. The van der Waals surface area contributed by atoms with Gasteiger partial charge in [-0.1, -0.05) is 25.5 Å². The van der Waals surface area contributed by atoms with Gasteiger partial charge in [0.1, 0.15) is 0 Å². The summed E-state index contributed by atoms with van der Waals surface area (Å²) in [5.41, 5.74) is 2.22. The van der Waals surface area contributed by atoms with Crippen LogP contribution in [-0.2, 0) is 16.0 Å². The number of benzene rings is 1. The fourth-order valence-electron chi connectivity index (χ4n) is 2.90. The van der Waals surface area contributed by atoms with E-state index < -0.39 is 0 Å². The number of carbonyl (C=O) groups excluding carboxylic acids is 2. The van der Waals surface area contributed by atoms with Gasteiger partial charge in [0.05, 0.1) is 5.92 Å². The molecule has 4 heteroatoms. The van der Waals surface area contributed by atoms with Gasteiger partial charge in [0, 0.05) is 24.7 Å². The van der Waals surface area contributed by atoms with E-state index in [4.69, 9.17) is 0 Å². The van der Waals surface area contributed by atoms with E-state index in [2.05, 4.69) is 24.4 Å². The van der Waals surface area contributed by atoms with Crippen molar-refractivity contribution in [1.29, 1.82) is 0 Å². The minimum Gasteiger partial charge on any atom is -0.353 e. The molecule has 0 aromatic heterocycles. The van der Waals surface area contributed by atoms with E-state index in [1.54, 1.807) is 4.90 Å². The van der Waals surface area contributed by atoms with E-state index >= 15 is 0 Å². The number of anilines is 1. The summed E-state index contributed by atoms with van der Waals surface area (Å²) < 4.78 is 0. The average molecular weight is 300 g/mol. The molecule has 0 spiro atoms. The molecule has 118 valence electrons. The highest BCUT2D eigenvalue weighted by molar-refractivity contribution is 6.00. The Morgan fingerprint density at radius 2 is 2.00 bits per heavy atom. The zero-order chi connectivity index (χ0) is 15.5. The minimum atomic E-state index is -0.201. The second kappa shape index (κ2) is 6.51. The molecule has 1 N–H and O–H groups in total. The summed E-state index contributed by atoms with van der Waals surface area (Å²) in [6.07, 6.45) is 5.94. The van der Waals surface area contributed by atoms with Crippen molar-refractivity contribution in [1.82, 2.24) is 5.32 Å². The van der Waals surface area contributed by atoms with Crippen LogP contribution >= 0.6 is 0 Å². The van der Waals surface area contributed by atoms with Crippen LogP contribution in [0.5, 0.6) is 0 Å². The molecule has 1 aromatic rings. The Hall–Kier alpha value is -1.84. The number of unbranched alkanes of at least 4 members (excludes halogenated alkanes) is 1. The highest BCUT2D eigenvalue weighted by atomic mass is 16.2. The maximum atomic E-state index is 12.2. The van der Waals surface area contributed by atoms with Crippen LogP contribution in [0.2, 0.25) is 0 Å². The van der Waals surface area contributed by atoms with Crippen molar-refractivity contribution in [2.45, 2.75) is 51.5 Å². The van der Waals surface area contributed by atoms with Gasteiger partial charge in [-0.05, 0) is 43.4 Å². The van der Waals surface area contributed by atoms with Crippen molar-refractivity contribution in [2.24, 2.45) is 5.92 Å². The Bertz CT molecular complexity index is 549. The van der Waals surface area contributed by atoms with Crippen LogP contribution in [0.4, 0.5) is 5.69 Å². The van der Waals surface area contributed by atoms with Crippen LogP contribution in [-0.4, -0.2) is 24.4 Å². The second-order valence-corrected chi connectivity index (χ2v) is 6.46. The third-order valence-electron chi connectivity index (χ3n) is 4.49. The fraction of sp³-hybridized carbons (Fsp3) is 0.556. The lowest BCUT2D eigenvalue weighted by Gasteiger charge is -2.17. The lowest BCUT2D eigenvalue weighted by molar-refractivity contribution is -0.126. The lowest BCUT2D eigenvalue weighted by Crippen LogP contribution is -2.34. The maximum absolute atomic E-state index is 12.2. The SMILES string of the molecule is CCCCc1ccc(N2CC(C(=O)NC3CC3)CC2=O)cc1. The van der Waals surface area contributed by atoms with Gasteiger partial charge in [0.2, 0.25) is 11.8 Å². The smallest absolute Gasteiger partial charge is 0.227 e. The minimum absolute atomic E-state index is 0.0397. The zero-order valence-electron chi connectivity index (χ0n) is 13.2. The molecule has 2 aliphatic rings. The molecule has 1 saturated heterocycles. The molecule has 22 heavy (non-hydrogen) atoms. The normalized spacial score (nSPS) is 21.2. The van der Waals surface area contributed by atoms with E-state index in [0.29, 0.717) is 19.0 Å². The first-order valence-electron chi connectivity index (χ1n) is 8.37. The predicted molar refractivity (Wildman–Crippen MR) is 86.7 cm³/mol. The molecule has 1 aliphatic heterocycles. The Morgan fingerprint density at radius 1 is 1.27 bits per heavy atom. The first kappa shape index (κ1) is 15.1. The van der Waals surface area contributed by atoms with Crippen LogP contribution < -0.4 is 10.2 Å². The van der Waals surface area contributed by atoms with Crippen LogP contribution in [0.25, 0.3) is 0 Å². The van der Waals surface area contributed by atoms with Crippen molar-refractivity contribution in [3.8, 4) is 0 Å². The number of rotatable bonds is 6. The van der Waals surface area contributed by atoms with Gasteiger partial charge in [0.25, 0.3) is 0 Å². The lowest BCUT2D eigenvalue weighted by atomic mass is 10.1. The quantitative estimate of drug-likeness (QED) is 0.878. The number of hydrogen-bond acceptors (Lipinski definition) is 2. The van der Waals surface area contributed by atoms with Gasteiger partial charge in [0.15, 0.2) is 0 Å². The van der Waals surface area contributed by atoms with Gasteiger partial charge in [-0.25, -0.2) is 0 Å². The molecule has 3 rings (SSSR count). The number of aryl methyl sites for hydroxylation is 1. The predicted octanol–water partition coefficient (Wildman–Crippen LogP) is 2.66. The number of carbonyl (C=O) groups is 2. The third-order valence-corrected chi connectivity index (χ3v) is 4.49. The molecular weight excluding hydrogens is 276 g/mol. The number of hydrogen-bond donors (Lipinski definition) is 1. The van der Waals surface area contributed by atoms with Crippen molar-refractivity contribution in [2.75, 3.05) is 11.4 Å². The summed E-state index contributed by atoms with van der Waals surface area (Å²) in [6, 6.07) is 8.55. The summed E-state index contributed by atoms with van der Waals surface area (Å²) in [5, 5.41) is 3.00. The van der Waals surface area contributed by atoms with Gasteiger partial charge in [-0.15, -0.1) is 0 Å². The largest absolute Gasteiger partial charge is 0.353 e. The summed E-state index contributed by atoms with van der Waals surface area (Å²) in [6.45, 7) is 2.69. The van der Waals surface area contributed by atoms with Crippen LogP contribution in [0, 0.1) is 5.92 Å². The maximum Gasteiger partial charge on any atom is 0.227 e. The molecule has 1 atom stereocenters. The zero-order valence-corrected chi connectivity index (χ0v) is 13.2. The molecule has 1 heterocycles. The first-order valence-corrected chi connectivity index (χ1v) is 8.37. The van der Waals surface area contributed by atoms with Crippen molar-refractivity contribution < 1.29 is 9.59 Å². The summed E-state index contributed by atoms with van der Waals surface area (Å²) in [4.78, 5) is 26.0. The number of nitrogens with zero attached hydrogens (tertiary/aromatic N) is 1. The molecule has 2 amide bonds. The molecule has 1 aromatic carbocycles.